The maximum Gasteiger partial charge on any atom is 0.275 e. The molecular formula is C14H11ClN2O3. The van der Waals surface area contributed by atoms with Crippen molar-refractivity contribution in [2.24, 2.45) is 5.10 Å². The number of nitrogens with one attached hydrogen (secondary N) is 1. The summed E-state index contributed by atoms with van der Waals surface area (Å²) in [7, 11) is 0. The van der Waals surface area contributed by atoms with Gasteiger partial charge in [-0.25, -0.2) is 5.43 Å². The first kappa shape index (κ1) is 13.9. The summed E-state index contributed by atoms with van der Waals surface area (Å²) in [4.78, 5) is 11.7. The molecule has 0 fully saturated rings. The summed E-state index contributed by atoms with van der Waals surface area (Å²) in [6.07, 6.45) is 1.23. The van der Waals surface area contributed by atoms with Gasteiger partial charge in [-0.15, -0.1) is 0 Å². The number of carbonyl (C=O) groups excluding carboxylic acids is 1. The lowest BCUT2D eigenvalue weighted by molar-refractivity contribution is 0.0952. The van der Waals surface area contributed by atoms with Gasteiger partial charge in [-0.2, -0.15) is 5.10 Å². The van der Waals surface area contributed by atoms with Gasteiger partial charge in [0, 0.05) is 0 Å². The second-order valence-electron chi connectivity index (χ2n) is 3.89. The molecule has 0 atom stereocenters. The Labute approximate surface area is 120 Å². The molecule has 0 saturated heterocycles. The lowest BCUT2D eigenvalue weighted by atomic mass is 10.2. The molecule has 20 heavy (non-hydrogen) atoms. The predicted molar refractivity (Wildman–Crippen MR) is 76.3 cm³/mol. The molecule has 0 aliphatic heterocycles. The first-order chi connectivity index (χ1) is 9.59. The van der Waals surface area contributed by atoms with Crippen LogP contribution in [0.4, 0.5) is 0 Å². The lowest BCUT2D eigenvalue weighted by Crippen LogP contribution is -2.17. The number of phenolic OH excluding ortho intramolecular Hbond substituents is 2. The number of para-hydroxylation sites is 1. The van der Waals surface area contributed by atoms with Crippen molar-refractivity contribution in [3.63, 3.8) is 0 Å². The van der Waals surface area contributed by atoms with E-state index < -0.39 is 5.91 Å². The van der Waals surface area contributed by atoms with Crippen LogP contribution < -0.4 is 5.43 Å². The van der Waals surface area contributed by atoms with Gasteiger partial charge in [-0.1, -0.05) is 29.8 Å². The molecule has 0 aromatic heterocycles. The van der Waals surface area contributed by atoms with E-state index in [0.717, 1.165) is 0 Å². The molecule has 3 N–H and O–H groups in total. The zero-order valence-corrected chi connectivity index (χ0v) is 11.0. The highest BCUT2D eigenvalue weighted by atomic mass is 35.5. The third-order valence-corrected chi connectivity index (χ3v) is 2.87. The van der Waals surface area contributed by atoms with Crippen LogP contribution in [0.3, 0.4) is 0 Å². The molecule has 0 bridgehead atoms. The van der Waals surface area contributed by atoms with E-state index in [9.17, 15) is 15.0 Å². The molecule has 102 valence electrons. The molecule has 2 aromatic carbocycles. The molecule has 2 rings (SSSR count). The van der Waals surface area contributed by atoms with Gasteiger partial charge >= 0.3 is 0 Å². The molecule has 6 heteroatoms. The van der Waals surface area contributed by atoms with Gasteiger partial charge in [0.2, 0.25) is 0 Å². The minimum absolute atomic E-state index is 0.0435. The van der Waals surface area contributed by atoms with E-state index in [1.165, 1.54) is 24.4 Å². The van der Waals surface area contributed by atoms with E-state index in [-0.39, 0.29) is 17.1 Å². The number of carbonyl (C=O) groups is 1. The van der Waals surface area contributed by atoms with Crippen molar-refractivity contribution in [3.8, 4) is 11.5 Å². The van der Waals surface area contributed by atoms with Crippen molar-refractivity contribution in [1.82, 2.24) is 5.43 Å². The fourth-order valence-electron chi connectivity index (χ4n) is 1.53. The summed E-state index contributed by atoms with van der Waals surface area (Å²) >= 11 is 5.88. The largest absolute Gasteiger partial charge is 0.507 e. The number of halogens is 1. The fraction of sp³-hybridized carbons (Fsp3) is 0. The number of hydrogen-bond donors (Lipinski definition) is 3. The average molecular weight is 291 g/mol. The summed E-state index contributed by atoms with van der Waals surface area (Å²) in [5.41, 5.74) is 2.65. The van der Waals surface area contributed by atoms with Crippen LogP contribution in [-0.4, -0.2) is 22.3 Å². The average Bonchev–Trinajstić information content (AvgIpc) is 2.42. The number of benzene rings is 2. The summed E-state index contributed by atoms with van der Waals surface area (Å²) < 4.78 is 0. The van der Waals surface area contributed by atoms with Gasteiger partial charge in [-0.05, 0) is 24.3 Å². The normalized spacial score (nSPS) is 10.7. The molecule has 0 unspecified atom stereocenters. The molecule has 5 nitrogen and oxygen atoms in total. The van der Waals surface area contributed by atoms with Crippen LogP contribution in [0, 0.1) is 0 Å². The highest BCUT2D eigenvalue weighted by molar-refractivity contribution is 6.33. The van der Waals surface area contributed by atoms with Crippen LogP contribution in [0.25, 0.3) is 0 Å². The Morgan fingerprint density at radius 3 is 2.50 bits per heavy atom. The Morgan fingerprint density at radius 2 is 1.80 bits per heavy atom. The van der Waals surface area contributed by atoms with Crippen molar-refractivity contribution in [3.05, 3.63) is 58.6 Å². The molecule has 0 aliphatic carbocycles. The van der Waals surface area contributed by atoms with E-state index in [1.807, 2.05) is 0 Å². The summed E-state index contributed by atoms with van der Waals surface area (Å²) in [5.74, 6) is -0.746. The zero-order chi connectivity index (χ0) is 14.5. The quantitative estimate of drug-likeness (QED) is 0.600. The Bertz CT molecular complexity index is 651. The first-order valence-electron chi connectivity index (χ1n) is 5.68. The van der Waals surface area contributed by atoms with E-state index in [2.05, 4.69) is 10.5 Å². The number of nitrogens with zero attached hydrogens (tertiary/aromatic N) is 1. The standard InChI is InChI=1S/C14H11ClN2O3/c15-11-5-3-7-13(19)10(11)8-16-17-14(20)9-4-1-2-6-12(9)18/h1-8,18-19H,(H,17,20)/b16-8+. The number of amides is 1. The smallest absolute Gasteiger partial charge is 0.275 e. The topological polar surface area (TPSA) is 81.9 Å². The van der Waals surface area contributed by atoms with E-state index in [1.54, 1.807) is 24.3 Å². The van der Waals surface area contributed by atoms with Crippen molar-refractivity contribution >= 4 is 23.7 Å². The molecule has 0 saturated carbocycles. The highest BCUT2D eigenvalue weighted by Crippen LogP contribution is 2.23. The number of hydrazone groups is 1. The van der Waals surface area contributed by atoms with Crippen LogP contribution in [0.5, 0.6) is 11.5 Å². The van der Waals surface area contributed by atoms with Gasteiger partial charge in [0.05, 0.1) is 22.4 Å². The monoisotopic (exact) mass is 290 g/mol. The Balaban J connectivity index is 2.11. The lowest BCUT2D eigenvalue weighted by Gasteiger charge is -2.03. The third kappa shape index (κ3) is 3.07. The van der Waals surface area contributed by atoms with Crippen LogP contribution >= 0.6 is 11.6 Å². The van der Waals surface area contributed by atoms with Gasteiger partial charge in [-0.3, -0.25) is 4.79 Å². The predicted octanol–water partition coefficient (Wildman–Crippen LogP) is 2.52. The van der Waals surface area contributed by atoms with Crippen molar-refractivity contribution in [1.29, 1.82) is 0 Å². The summed E-state index contributed by atoms with van der Waals surface area (Å²) in [6, 6.07) is 10.7. The summed E-state index contributed by atoms with van der Waals surface area (Å²) in [6.45, 7) is 0. The third-order valence-electron chi connectivity index (χ3n) is 2.54. The number of hydrogen-bond acceptors (Lipinski definition) is 4. The van der Waals surface area contributed by atoms with Gasteiger partial charge in [0.1, 0.15) is 11.5 Å². The SMILES string of the molecule is O=C(N/N=C/c1c(O)cccc1Cl)c1ccccc1O. The molecule has 2 aromatic rings. The van der Waals surface area contributed by atoms with E-state index in [4.69, 9.17) is 11.6 Å². The van der Waals surface area contributed by atoms with Crippen LogP contribution in [0.2, 0.25) is 5.02 Å². The minimum Gasteiger partial charge on any atom is -0.507 e. The fourth-order valence-corrected chi connectivity index (χ4v) is 1.75. The molecular weight excluding hydrogens is 280 g/mol. The maximum absolute atomic E-state index is 11.7. The first-order valence-corrected chi connectivity index (χ1v) is 6.06. The molecule has 0 radical (unpaired) electrons. The highest BCUT2D eigenvalue weighted by Gasteiger charge is 2.09. The second kappa shape index (κ2) is 6.08. The van der Waals surface area contributed by atoms with Gasteiger partial charge in [0.25, 0.3) is 5.91 Å². The van der Waals surface area contributed by atoms with Crippen LogP contribution in [0.15, 0.2) is 47.6 Å². The maximum atomic E-state index is 11.7. The number of rotatable bonds is 3. The molecule has 0 heterocycles. The van der Waals surface area contributed by atoms with Crippen molar-refractivity contribution < 1.29 is 15.0 Å². The Hall–Kier alpha value is -2.53. The number of aromatic hydroxyl groups is 2. The van der Waals surface area contributed by atoms with Gasteiger partial charge in [0.15, 0.2) is 0 Å². The Kier molecular flexibility index (Phi) is 4.22. The summed E-state index contributed by atoms with van der Waals surface area (Å²) in [5, 5.41) is 23.1. The van der Waals surface area contributed by atoms with Crippen molar-refractivity contribution in [2.45, 2.75) is 0 Å². The zero-order valence-electron chi connectivity index (χ0n) is 10.2. The van der Waals surface area contributed by atoms with E-state index in [0.29, 0.717) is 10.6 Å². The number of phenols is 2. The molecule has 1 amide bonds. The van der Waals surface area contributed by atoms with Gasteiger partial charge < -0.3 is 10.2 Å². The Morgan fingerprint density at radius 1 is 1.10 bits per heavy atom. The van der Waals surface area contributed by atoms with Crippen molar-refractivity contribution in [2.75, 3.05) is 0 Å². The van der Waals surface area contributed by atoms with Crippen LogP contribution in [0.1, 0.15) is 15.9 Å². The van der Waals surface area contributed by atoms with E-state index >= 15 is 0 Å². The second-order valence-corrected chi connectivity index (χ2v) is 4.30. The minimum atomic E-state index is -0.564. The molecule has 0 spiro atoms. The van der Waals surface area contributed by atoms with Crippen LogP contribution in [-0.2, 0) is 0 Å². The molecule has 0 aliphatic rings.